The quantitative estimate of drug-likeness (QED) is 0.760. The molecule has 1 aliphatic rings. The first-order valence-corrected chi connectivity index (χ1v) is 7.64. The monoisotopic (exact) mass is 324 g/mol. The molecule has 1 fully saturated rings. The lowest BCUT2D eigenvalue weighted by atomic mass is 10.3. The van der Waals surface area contributed by atoms with Crippen LogP contribution in [0.4, 0.5) is 17.3 Å². The minimum absolute atomic E-state index is 0.728. The van der Waals surface area contributed by atoms with E-state index >= 15 is 0 Å². The minimum Gasteiger partial charge on any atom is -0.378 e. The van der Waals surface area contributed by atoms with Gasteiger partial charge in [0, 0.05) is 24.8 Å². The molecule has 9 heteroatoms. The molecule has 0 atom stereocenters. The Morgan fingerprint density at radius 1 is 1.04 bits per heavy atom. The fourth-order valence-electron chi connectivity index (χ4n) is 2.51. The summed E-state index contributed by atoms with van der Waals surface area (Å²) >= 11 is 0. The van der Waals surface area contributed by atoms with Gasteiger partial charge in [-0.3, -0.25) is 0 Å². The molecule has 4 rings (SSSR count). The Labute approximate surface area is 138 Å². The van der Waals surface area contributed by atoms with E-state index in [1.54, 1.807) is 17.3 Å². The van der Waals surface area contributed by atoms with Crippen molar-refractivity contribution in [3.63, 3.8) is 0 Å². The van der Waals surface area contributed by atoms with Crippen LogP contribution in [0.2, 0.25) is 0 Å². The largest absolute Gasteiger partial charge is 0.378 e. The average Bonchev–Trinajstić information content (AvgIpc) is 3.18. The van der Waals surface area contributed by atoms with Gasteiger partial charge < -0.3 is 15.0 Å². The van der Waals surface area contributed by atoms with Gasteiger partial charge in [-0.05, 0) is 34.7 Å². The van der Waals surface area contributed by atoms with Crippen molar-refractivity contribution in [2.45, 2.75) is 0 Å². The molecule has 122 valence electrons. The van der Waals surface area contributed by atoms with Gasteiger partial charge in [0.25, 0.3) is 0 Å². The van der Waals surface area contributed by atoms with Gasteiger partial charge in [0.05, 0.1) is 18.9 Å². The van der Waals surface area contributed by atoms with Gasteiger partial charge in [-0.2, -0.15) is 0 Å². The van der Waals surface area contributed by atoms with Gasteiger partial charge in [-0.15, -0.1) is 5.10 Å². The van der Waals surface area contributed by atoms with Gasteiger partial charge in [-0.25, -0.2) is 14.6 Å². The van der Waals surface area contributed by atoms with Gasteiger partial charge in [0.2, 0.25) is 0 Å². The molecule has 0 spiro atoms. The normalized spacial score (nSPS) is 14.6. The second-order valence-corrected chi connectivity index (χ2v) is 5.29. The van der Waals surface area contributed by atoms with Crippen LogP contribution in [0.15, 0.2) is 43.0 Å². The number of tetrazole rings is 1. The predicted octanol–water partition coefficient (Wildman–Crippen LogP) is 1.03. The molecule has 24 heavy (non-hydrogen) atoms. The number of anilines is 3. The fraction of sp³-hybridized carbons (Fsp3) is 0.267. The molecule has 2 aromatic heterocycles. The van der Waals surface area contributed by atoms with E-state index in [2.05, 4.69) is 35.7 Å². The van der Waals surface area contributed by atoms with E-state index in [0.717, 1.165) is 49.3 Å². The van der Waals surface area contributed by atoms with Crippen LogP contribution in [0.5, 0.6) is 0 Å². The van der Waals surface area contributed by atoms with Crippen LogP contribution in [-0.2, 0) is 4.74 Å². The van der Waals surface area contributed by atoms with Crippen LogP contribution in [-0.4, -0.2) is 56.5 Å². The van der Waals surface area contributed by atoms with Crippen molar-refractivity contribution in [2.75, 3.05) is 36.5 Å². The maximum Gasteiger partial charge on any atom is 0.143 e. The van der Waals surface area contributed by atoms with Crippen molar-refractivity contribution in [1.82, 2.24) is 30.2 Å². The minimum atomic E-state index is 0.728. The van der Waals surface area contributed by atoms with Crippen LogP contribution >= 0.6 is 0 Å². The first-order chi connectivity index (χ1) is 11.9. The molecule has 0 bridgehead atoms. The number of aromatic nitrogens is 6. The summed E-state index contributed by atoms with van der Waals surface area (Å²) in [5, 5.41) is 14.4. The van der Waals surface area contributed by atoms with Crippen molar-refractivity contribution in [3.8, 4) is 5.69 Å². The average molecular weight is 324 g/mol. The first kappa shape index (κ1) is 14.5. The maximum atomic E-state index is 5.37. The Morgan fingerprint density at radius 3 is 2.62 bits per heavy atom. The topological polar surface area (TPSA) is 93.9 Å². The predicted molar refractivity (Wildman–Crippen MR) is 87.5 cm³/mol. The van der Waals surface area contributed by atoms with E-state index < -0.39 is 0 Å². The molecular weight excluding hydrogens is 308 g/mol. The van der Waals surface area contributed by atoms with Crippen molar-refractivity contribution in [1.29, 1.82) is 0 Å². The van der Waals surface area contributed by atoms with Gasteiger partial charge >= 0.3 is 0 Å². The first-order valence-electron chi connectivity index (χ1n) is 7.64. The summed E-state index contributed by atoms with van der Waals surface area (Å²) in [5.41, 5.74) is 1.82. The number of nitrogens with zero attached hydrogens (tertiary/aromatic N) is 7. The number of nitrogens with one attached hydrogen (secondary N) is 1. The molecule has 9 nitrogen and oxygen atoms in total. The molecule has 0 radical (unpaired) electrons. The number of rotatable bonds is 4. The molecule has 1 aliphatic heterocycles. The summed E-state index contributed by atoms with van der Waals surface area (Å²) in [5.74, 6) is 1.66. The number of hydrogen-bond donors (Lipinski definition) is 1. The van der Waals surface area contributed by atoms with E-state index in [1.165, 1.54) is 0 Å². The summed E-state index contributed by atoms with van der Waals surface area (Å²) in [7, 11) is 0. The molecule has 1 saturated heterocycles. The van der Waals surface area contributed by atoms with Crippen molar-refractivity contribution < 1.29 is 4.74 Å². The van der Waals surface area contributed by atoms with E-state index in [0.29, 0.717) is 0 Å². The summed E-state index contributed by atoms with van der Waals surface area (Å²) < 4.78 is 6.97. The lowest BCUT2D eigenvalue weighted by molar-refractivity contribution is 0.122. The van der Waals surface area contributed by atoms with Crippen LogP contribution in [0.3, 0.4) is 0 Å². The van der Waals surface area contributed by atoms with E-state index in [1.807, 2.05) is 30.3 Å². The van der Waals surface area contributed by atoms with Gasteiger partial charge in [-0.1, -0.05) is 0 Å². The Kier molecular flexibility index (Phi) is 3.98. The summed E-state index contributed by atoms with van der Waals surface area (Å²) in [4.78, 5) is 10.8. The molecule has 0 aliphatic carbocycles. The van der Waals surface area contributed by atoms with Crippen LogP contribution < -0.4 is 10.2 Å². The van der Waals surface area contributed by atoms with Crippen molar-refractivity contribution in [3.05, 3.63) is 43.0 Å². The van der Waals surface area contributed by atoms with Crippen molar-refractivity contribution in [2.24, 2.45) is 0 Å². The Balaban J connectivity index is 1.48. The Bertz CT molecular complexity index is 783. The molecule has 0 unspecified atom stereocenters. The van der Waals surface area contributed by atoms with E-state index in [9.17, 15) is 0 Å². The van der Waals surface area contributed by atoms with Crippen LogP contribution in [0.1, 0.15) is 0 Å². The Morgan fingerprint density at radius 2 is 1.88 bits per heavy atom. The van der Waals surface area contributed by atoms with E-state index in [-0.39, 0.29) is 0 Å². The molecule has 0 amide bonds. The SMILES string of the molecule is c1nc(Nc2ccc(-n3cnnn3)cc2)cc(N2CCOCC2)n1. The smallest absolute Gasteiger partial charge is 0.143 e. The number of morpholine rings is 1. The molecule has 1 N–H and O–H groups in total. The zero-order valence-corrected chi connectivity index (χ0v) is 12.9. The molecule has 3 heterocycles. The molecule has 3 aromatic rings. The van der Waals surface area contributed by atoms with Gasteiger partial charge in [0.15, 0.2) is 0 Å². The van der Waals surface area contributed by atoms with Crippen LogP contribution in [0, 0.1) is 0 Å². The molecule has 1 aromatic carbocycles. The summed E-state index contributed by atoms with van der Waals surface area (Å²) in [6.07, 6.45) is 3.13. The molecular formula is C15H16N8O. The second kappa shape index (κ2) is 6.59. The number of benzene rings is 1. The third-order valence-corrected chi connectivity index (χ3v) is 3.74. The fourth-order valence-corrected chi connectivity index (χ4v) is 2.51. The summed E-state index contributed by atoms with van der Waals surface area (Å²) in [6, 6.07) is 9.72. The van der Waals surface area contributed by atoms with Crippen LogP contribution in [0.25, 0.3) is 5.69 Å². The lowest BCUT2D eigenvalue weighted by Crippen LogP contribution is -2.36. The van der Waals surface area contributed by atoms with Gasteiger partial charge in [0.1, 0.15) is 24.3 Å². The number of ether oxygens (including phenoxy) is 1. The number of hydrogen-bond acceptors (Lipinski definition) is 8. The Hall–Kier alpha value is -3.07. The highest BCUT2D eigenvalue weighted by atomic mass is 16.5. The highest BCUT2D eigenvalue weighted by Crippen LogP contribution is 2.20. The third kappa shape index (κ3) is 3.15. The zero-order valence-electron chi connectivity index (χ0n) is 12.9. The maximum absolute atomic E-state index is 5.37. The van der Waals surface area contributed by atoms with E-state index in [4.69, 9.17) is 4.74 Å². The highest BCUT2D eigenvalue weighted by Gasteiger charge is 2.13. The molecule has 0 saturated carbocycles. The highest BCUT2D eigenvalue weighted by molar-refractivity contribution is 5.60. The van der Waals surface area contributed by atoms with Crippen molar-refractivity contribution >= 4 is 17.3 Å². The zero-order chi connectivity index (χ0) is 16.2. The second-order valence-electron chi connectivity index (χ2n) is 5.29. The standard InChI is InChI=1S/C15H16N8O/c1-3-13(23-11-18-20-21-23)4-2-12(1)19-14-9-15(17-10-16-14)22-5-7-24-8-6-22/h1-4,9-11H,5-8H2,(H,16,17,19). The summed E-state index contributed by atoms with van der Waals surface area (Å²) in [6.45, 7) is 3.14. The third-order valence-electron chi connectivity index (χ3n) is 3.74. The lowest BCUT2D eigenvalue weighted by Gasteiger charge is -2.27.